The van der Waals surface area contributed by atoms with Crippen LogP contribution in [0.4, 0.5) is 4.79 Å². The van der Waals surface area contributed by atoms with Crippen molar-refractivity contribution in [1.29, 1.82) is 0 Å². The van der Waals surface area contributed by atoms with Gasteiger partial charge in [-0.2, -0.15) is 0 Å². The van der Waals surface area contributed by atoms with E-state index in [1.54, 1.807) is 36.4 Å². The third-order valence-corrected chi connectivity index (χ3v) is 4.33. The van der Waals surface area contributed by atoms with Crippen molar-refractivity contribution < 1.29 is 20.5 Å². The summed E-state index contributed by atoms with van der Waals surface area (Å²) in [7, 11) is 0. The van der Waals surface area contributed by atoms with Gasteiger partial charge < -0.3 is 15.4 Å². The fraction of sp³-hybridized carbons (Fsp3) is 0.238. The topological polar surface area (TPSA) is 88.7 Å². The second-order valence-corrected chi connectivity index (χ2v) is 6.75. The fourth-order valence-corrected chi connectivity index (χ4v) is 2.87. The minimum absolute atomic E-state index is 0.132. The van der Waals surface area contributed by atoms with E-state index in [2.05, 4.69) is 16.1 Å². The Morgan fingerprint density at radius 1 is 1.14 bits per heavy atom. The minimum Gasteiger partial charge on any atom is -0.445 e. The number of carbonyl (C=O) groups excluding carboxylic acids is 2. The zero-order valence-electron chi connectivity index (χ0n) is 16.5. The lowest BCUT2D eigenvalue weighted by Crippen LogP contribution is -2.48. The smallest absolute Gasteiger partial charge is 0.408 e. The number of nitrogens with one attached hydrogen (secondary N) is 3. The van der Waals surface area contributed by atoms with Gasteiger partial charge in [-0.05, 0) is 17.2 Å². The maximum atomic E-state index is 12.7. The number of carbonyl (C=O) groups is 2. The van der Waals surface area contributed by atoms with Crippen molar-refractivity contribution in [3.63, 3.8) is 0 Å². The number of rotatable bonds is 8. The van der Waals surface area contributed by atoms with E-state index in [1.807, 2.05) is 30.3 Å². The summed E-state index contributed by atoms with van der Waals surface area (Å²) >= 11 is 5.84. The highest BCUT2D eigenvalue weighted by molar-refractivity contribution is 6.29. The molecule has 0 bridgehead atoms. The molecule has 3 rings (SSSR count). The van der Waals surface area contributed by atoms with Crippen LogP contribution < -0.4 is 16.1 Å². The molecule has 3 atom stereocenters. The zero-order valence-corrected chi connectivity index (χ0v) is 16.3. The van der Waals surface area contributed by atoms with Crippen LogP contribution in [0.5, 0.6) is 0 Å². The molecule has 8 heteroatoms. The Morgan fingerprint density at radius 3 is 2.41 bits per heavy atom. The molecule has 1 aliphatic heterocycles. The number of benzene rings is 2. The Labute approximate surface area is 175 Å². The second kappa shape index (κ2) is 10.5. The summed E-state index contributed by atoms with van der Waals surface area (Å²) in [6.07, 6.45) is 0.349. The molecule has 2 unspecified atom stereocenters. The average Bonchev–Trinajstić information content (AvgIpc) is 3.17. The molecule has 1 aliphatic rings. The van der Waals surface area contributed by atoms with Crippen molar-refractivity contribution in [2.45, 2.75) is 31.7 Å². The van der Waals surface area contributed by atoms with Crippen LogP contribution >= 0.6 is 11.6 Å². The van der Waals surface area contributed by atoms with E-state index < -0.39 is 30.7 Å². The van der Waals surface area contributed by atoms with Gasteiger partial charge in [0, 0.05) is 13.0 Å². The first-order chi connectivity index (χ1) is 14.5. The lowest BCUT2D eigenvalue weighted by atomic mass is 10.1. The zero-order chi connectivity index (χ0) is 21.3. The number of ether oxygens (including phenoxy) is 1. The van der Waals surface area contributed by atoms with Crippen LogP contribution in [0.15, 0.2) is 71.9 Å². The molecule has 0 aromatic heterocycles. The van der Waals surface area contributed by atoms with E-state index in [9.17, 15) is 9.59 Å². The first-order valence-electron chi connectivity index (χ1n) is 9.64. The summed E-state index contributed by atoms with van der Waals surface area (Å²) in [5.74, 6) is -0.405. The molecule has 7 nitrogen and oxygen atoms in total. The molecule has 0 fully saturated rings. The van der Waals surface area contributed by atoms with Gasteiger partial charge in [0.2, 0.25) is 5.91 Å². The van der Waals surface area contributed by atoms with E-state index in [0.717, 1.165) is 5.56 Å². The van der Waals surface area contributed by atoms with Gasteiger partial charge >= 0.3 is 6.09 Å². The number of hydrogen-bond acceptors (Lipinski definition) is 5. The minimum atomic E-state index is -1.21. The third-order valence-electron chi connectivity index (χ3n) is 4.13. The van der Waals surface area contributed by atoms with Crippen LogP contribution in [0.2, 0.25) is 0 Å². The maximum absolute atomic E-state index is 12.7. The highest BCUT2D eigenvalue weighted by Crippen LogP contribution is 2.15. The molecule has 2 aromatic carbocycles. The van der Waals surface area contributed by atoms with E-state index in [4.69, 9.17) is 22.5 Å². The van der Waals surface area contributed by atoms with E-state index >= 15 is 0 Å². The van der Waals surface area contributed by atoms with Gasteiger partial charge in [-0.3, -0.25) is 15.1 Å². The van der Waals surface area contributed by atoms with Crippen molar-refractivity contribution >= 4 is 23.6 Å². The Balaban J connectivity index is 1.61. The highest BCUT2D eigenvalue weighted by atomic mass is 35.5. The van der Waals surface area contributed by atoms with E-state index in [-0.39, 0.29) is 6.42 Å². The van der Waals surface area contributed by atoms with E-state index in [0.29, 0.717) is 17.3 Å². The first kappa shape index (κ1) is 19.3. The van der Waals surface area contributed by atoms with Gasteiger partial charge in [0.1, 0.15) is 23.9 Å². The summed E-state index contributed by atoms with van der Waals surface area (Å²) in [5.41, 5.74) is 3.94. The molecule has 29 heavy (non-hydrogen) atoms. The molecule has 152 valence electrons. The van der Waals surface area contributed by atoms with Gasteiger partial charge in [0.15, 0.2) is 0 Å². The Hall–Kier alpha value is -3.03. The van der Waals surface area contributed by atoms with Crippen LogP contribution in [0.25, 0.3) is 0 Å². The quantitative estimate of drug-likeness (QED) is 0.576. The molecule has 0 saturated heterocycles. The van der Waals surface area contributed by atoms with Gasteiger partial charge in [-0.25, -0.2) is 4.79 Å². The monoisotopic (exact) mass is 416 g/mol. The molecule has 3 N–H and O–H groups in total. The molecule has 2 aromatic rings. The largest absolute Gasteiger partial charge is 0.445 e. The second-order valence-electron chi connectivity index (χ2n) is 6.34. The third kappa shape index (κ3) is 6.81. The number of amides is 2. The van der Waals surface area contributed by atoms with E-state index in [1.165, 1.54) is 0 Å². The van der Waals surface area contributed by atoms with Crippen LogP contribution in [0.3, 0.4) is 0 Å². The van der Waals surface area contributed by atoms with Crippen LogP contribution in [0, 0.1) is 0 Å². The number of hydrogen-bond donors (Lipinski definition) is 3. The lowest BCUT2D eigenvalue weighted by molar-refractivity contribution is -0.124. The SMILES string of the molecule is [2H]C(OC(=O)N[C@@H](CC1C=C(Cl)NO1)C(=O)NCc1ccccc1)c1ccccc1. The number of hydroxylamine groups is 1. The highest BCUT2D eigenvalue weighted by Gasteiger charge is 2.27. The molecule has 2 amide bonds. The first-order valence-corrected chi connectivity index (χ1v) is 9.44. The Morgan fingerprint density at radius 2 is 1.79 bits per heavy atom. The van der Waals surface area contributed by atoms with Crippen LogP contribution in [-0.2, 0) is 27.5 Å². The number of halogens is 1. The maximum Gasteiger partial charge on any atom is 0.408 e. The van der Waals surface area contributed by atoms with Gasteiger partial charge in [-0.1, -0.05) is 72.3 Å². The molecule has 1 heterocycles. The molecule has 0 radical (unpaired) electrons. The van der Waals surface area contributed by atoms with Crippen molar-refractivity contribution in [3.8, 4) is 0 Å². The fourth-order valence-electron chi connectivity index (χ4n) is 2.68. The summed E-state index contributed by atoms with van der Waals surface area (Å²) in [6, 6.07) is 17.1. The Kier molecular flexibility index (Phi) is 6.98. The number of alkyl carbamates (subject to hydrolysis) is 1. The summed E-state index contributed by atoms with van der Waals surface area (Å²) in [4.78, 5) is 30.3. The predicted octanol–water partition coefficient (Wildman–Crippen LogP) is 2.97. The summed E-state index contributed by atoms with van der Waals surface area (Å²) in [5, 5.41) is 5.62. The normalized spacial score (nSPS) is 17.9. The van der Waals surface area contributed by atoms with Gasteiger partial charge in [-0.15, -0.1) is 0 Å². The molecule has 0 spiro atoms. The lowest BCUT2D eigenvalue weighted by Gasteiger charge is -2.20. The van der Waals surface area contributed by atoms with Gasteiger partial charge in [0.25, 0.3) is 0 Å². The summed E-state index contributed by atoms with van der Waals surface area (Å²) in [6.45, 7) is -0.906. The molecule has 0 saturated carbocycles. The Bertz CT molecular complexity index is 882. The van der Waals surface area contributed by atoms with Gasteiger partial charge in [0.05, 0.1) is 1.37 Å². The molecular formula is C21H22ClN3O4. The van der Waals surface area contributed by atoms with Crippen molar-refractivity contribution in [2.24, 2.45) is 0 Å². The van der Waals surface area contributed by atoms with Crippen molar-refractivity contribution in [3.05, 3.63) is 83.0 Å². The van der Waals surface area contributed by atoms with Crippen LogP contribution in [-0.4, -0.2) is 24.1 Å². The summed E-state index contributed by atoms with van der Waals surface area (Å²) < 4.78 is 13.1. The van der Waals surface area contributed by atoms with Crippen LogP contribution in [0.1, 0.15) is 18.9 Å². The standard InChI is InChI=1S/C21H22ClN3O4/c22-19-12-17(29-25-19)11-18(20(26)23-13-15-7-3-1-4-8-15)24-21(27)28-14-16-9-5-2-6-10-16/h1-10,12,17-18,25H,11,13-14H2,(H,23,26)(H,24,27)/t17?,18-/m0/s1/i14D/t14?,17?,18-. The van der Waals surface area contributed by atoms with Crippen molar-refractivity contribution in [2.75, 3.05) is 0 Å². The average molecular weight is 417 g/mol. The molecular weight excluding hydrogens is 394 g/mol. The van der Waals surface area contributed by atoms with Crippen molar-refractivity contribution in [1.82, 2.24) is 16.1 Å². The molecule has 0 aliphatic carbocycles. The predicted molar refractivity (Wildman–Crippen MR) is 108 cm³/mol.